The zero-order valence-corrected chi connectivity index (χ0v) is 40.9. The third-order valence-electron chi connectivity index (χ3n) is 15.4. The van der Waals surface area contributed by atoms with E-state index < -0.39 is 17.7 Å². The number of oxime groups is 1. The smallest absolute Gasteiger partial charge is 0.239 e. The van der Waals surface area contributed by atoms with Crippen molar-refractivity contribution < 1.29 is 34.1 Å². The van der Waals surface area contributed by atoms with E-state index in [2.05, 4.69) is 66.1 Å². The van der Waals surface area contributed by atoms with Gasteiger partial charge in [-0.15, -0.1) is 6.58 Å². The van der Waals surface area contributed by atoms with Gasteiger partial charge in [0, 0.05) is 49.8 Å². The number of nitrogens with zero attached hydrogens (tertiary/aromatic N) is 3. The van der Waals surface area contributed by atoms with Crippen molar-refractivity contribution in [1.82, 2.24) is 9.88 Å². The van der Waals surface area contributed by atoms with E-state index in [0.29, 0.717) is 56.3 Å². The number of hydrogen-bond donors (Lipinski definition) is 2. The largest absolute Gasteiger partial charge is 0.487 e. The summed E-state index contributed by atoms with van der Waals surface area (Å²) >= 11 is 0. The van der Waals surface area contributed by atoms with Gasteiger partial charge in [0.2, 0.25) is 11.7 Å². The molecule has 0 bridgehead atoms. The summed E-state index contributed by atoms with van der Waals surface area (Å²) in [5, 5.41) is 27.5. The average Bonchev–Trinajstić information content (AvgIpc) is 3.92. The third kappa shape index (κ3) is 11.0. The lowest BCUT2D eigenvalue weighted by Crippen LogP contribution is -2.70. The Morgan fingerprint density at radius 2 is 1.66 bits per heavy atom. The topological polar surface area (TPSA) is 123 Å². The number of pyridine rings is 1. The quantitative estimate of drug-likeness (QED) is 0.0377. The van der Waals surface area contributed by atoms with Gasteiger partial charge in [-0.1, -0.05) is 135 Å². The molecule has 4 aliphatic rings. The van der Waals surface area contributed by atoms with Gasteiger partial charge < -0.3 is 34.2 Å². The third-order valence-corrected chi connectivity index (χ3v) is 15.4. The predicted octanol–water partition coefficient (Wildman–Crippen LogP) is 12.0. The maximum atomic E-state index is 15.6. The molecule has 2 saturated carbocycles. The van der Waals surface area contributed by atoms with Crippen molar-refractivity contribution in [1.29, 1.82) is 0 Å². The van der Waals surface area contributed by atoms with Gasteiger partial charge in [-0.3, -0.25) is 9.78 Å². The van der Waals surface area contributed by atoms with Crippen LogP contribution in [0.4, 0.5) is 0 Å². The number of fused-ring (bicyclic) bond motifs is 3. The van der Waals surface area contributed by atoms with Crippen molar-refractivity contribution in [2.45, 2.75) is 128 Å². The monoisotopic (exact) mass is 946 g/mol. The predicted molar refractivity (Wildman–Crippen MR) is 275 cm³/mol. The molecule has 5 aromatic rings. The van der Waals surface area contributed by atoms with E-state index in [0.717, 1.165) is 95.1 Å². The molecule has 10 heteroatoms. The molecule has 4 aromatic carbocycles. The van der Waals surface area contributed by atoms with Crippen molar-refractivity contribution in [3.05, 3.63) is 162 Å². The molecule has 0 spiro atoms. The van der Waals surface area contributed by atoms with Gasteiger partial charge in [-0.25, -0.2) is 0 Å². The Morgan fingerprint density at radius 1 is 0.886 bits per heavy atom. The minimum Gasteiger partial charge on any atom is -0.487 e. The number of aryl methyl sites for hydroxylation is 1. The Morgan fingerprint density at radius 3 is 2.46 bits per heavy atom. The van der Waals surface area contributed by atoms with E-state index >= 15 is 4.79 Å². The molecule has 1 amide bonds. The lowest BCUT2D eigenvalue weighted by Gasteiger charge is -2.60. The van der Waals surface area contributed by atoms with Gasteiger partial charge in [-0.2, -0.15) is 0 Å². The van der Waals surface area contributed by atoms with E-state index in [1.54, 1.807) is 6.08 Å². The number of carbonyl (C=O) groups excluding carboxylic acids is 1. The average molecular weight is 946 g/mol. The molecular formula is C60H71N3O7. The minimum atomic E-state index is -1.37. The minimum absolute atomic E-state index is 0.0695. The molecule has 0 radical (unpaired) electrons. The fourth-order valence-electron chi connectivity index (χ4n) is 12.1. The Balaban J connectivity index is 1.23. The van der Waals surface area contributed by atoms with Crippen LogP contribution >= 0.6 is 0 Å². The molecule has 0 saturated heterocycles. The molecule has 9 rings (SSSR count). The lowest BCUT2D eigenvalue weighted by atomic mass is 9.55. The molecule has 2 fully saturated rings. The summed E-state index contributed by atoms with van der Waals surface area (Å²) in [5.41, 5.74) is 6.64. The van der Waals surface area contributed by atoms with E-state index in [1.807, 2.05) is 67.6 Å². The fourth-order valence-corrected chi connectivity index (χ4v) is 12.1. The van der Waals surface area contributed by atoms with E-state index in [-0.39, 0.29) is 50.1 Å². The van der Waals surface area contributed by atoms with Crippen LogP contribution in [-0.4, -0.2) is 63.4 Å². The number of hydrogen-bond acceptors (Lipinski definition) is 9. The van der Waals surface area contributed by atoms with Gasteiger partial charge in [0.05, 0.1) is 23.9 Å². The molecule has 70 heavy (non-hydrogen) atoms. The zero-order chi connectivity index (χ0) is 48.3. The van der Waals surface area contributed by atoms with Gasteiger partial charge in [0.25, 0.3) is 0 Å². The number of ether oxygens (including phenoxy) is 3. The van der Waals surface area contributed by atoms with Crippen LogP contribution < -0.4 is 9.47 Å². The SMILES string of the molecule is C=CCO[C@@]12Oc3ccc(OCc4cccc(C)n4)cc3[C@H]3[C@H](CCCCO)[C@@H](CCCCO)C=C(C(=NOCc4ccccc4)C[C@@H]1N(Cc1cccc4ccccc14)C(=O)CCC1CCCC1)[C@H]32. The molecule has 1 aliphatic heterocycles. The second kappa shape index (κ2) is 23.4. The normalized spacial score (nSPS) is 23.3. The van der Waals surface area contributed by atoms with Crippen LogP contribution in [0.3, 0.4) is 0 Å². The Labute approximate surface area is 414 Å². The zero-order valence-electron chi connectivity index (χ0n) is 40.9. The number of aliphatic hydroxyl groups excluding tert-OH is 2. The second-order valence-electron chi connectivity index (χ2n) is 19.9. The standard InChI is InChI=1S/C60H71N3O7/c1-3-35-68-60-56(63(57(66)32-29-43-18-7-8-19-43)39-47-25-16-24-45-22-9-10-27-50(45)47)38-54(62-69-40-44-20-5-4-6-21-44)52-36-46(23-11-13-33-64)51(28-12-14-34-65)58(59(52)60)53-37-49(30-31-55(53)70-60)67-41-48-26-15-17-42(2)61-48/h3-6,9-10,15-17,20-22,24-27,30-31,36-37,43,46,51,56,58-59,64-65H,1,7-8,11-14,18-19,23,28-29,32-35,38-41H2,2H3/t46-,51+,56-,58+,59+,60+/m0/s1. The second-order valence-corrected chi connectivity index (χ2v) is 19.9. The molecule has 2 N–H and O–H groups in total. The maximum absolute atomic E-state index is 15.6. The summed E-state index contributed by atoms with van der Waals surface area (Å²) in [6.07, 6.45) is 15.3. The Bertz CT molecular complexity index is 2600. The van der Waals surface area contributed by atoms with Crippen LogP contribution in [0.25, 0.3) is 10.8 Å². The fraction of sp³-hybridized carbons (Fsp3) is 0.450. The van der Waals surface area contributed by atoms with E-state index in [9.17, 15) is 10.2 Å². The first-order valence-electron chi connectivity index (χ1n) is 25.9. The van der Waals surface area contributed by atoms with Gasteiger partial charge in [0.1, 0.15) is 30.8 Å². The van der Waals surface area contributed by atoms with E-state index in [1.165, 1.54) is 12.8 Å². The summed E-state index contributed by atoms with van der Waals surface area (Å²) in [7, 11) is 0. The first-order valence-corrected chi connectivity index (χ1v) is 25.9. The summed E-state index contributed by atoms with van der Waals surface area (Å²) in [4.78, 5) is 28.7. The van der Waals surface area contributed by atoms with Crippen LogP contribution in [0, 0.1) is 30.6 Å². The first kappa shape index (κ1) is 49.2. The highest BCUT2D eigenvalue weighted by molar-refractivity contribution is 6.03. The number of allylic oxidation sites excluding steroid dienone is 1. The van der Waals surface area contributed by atoms with Crippen molar-refractivity contribution in [3.63, 3.8) is 0 Å². The molecule has 3 aliphatic carbocycles. The van der Waals surface area contributed by atoms with Crippen LogP contribution in [0.5, 0.6) is 11.5 Å². The Kier molecular flexibility index (Phi) is 16.4. The van der Waals surface area contributed by atoms with Gasteiger partial charge in [0.15, 0.2) is 0 Å². The highest BCUT2D eigenvalue weighted by Crippen LogP contribution is 2.62. The maximum Gasteiger partial charge on any atom is 0.239 e. The molecule has 10 nitrogen and oxygen atoms in total. The number of aromatic nitrogens is 1. The molecule has 1 aromatic heterocycles. The van der Waals surface area contributed by atoms with Crippen molar-refractivity contribution in [3.8, 4) is 11.5 Å². The number of aliphatic hydroxyl groups is 2. The number of unbranched alkanes of at least 4 members (excludes halogenated alkanes) is 2. The number of rotatable bonds is 23. The lowest BCUT2D eigenvalue weighted by molar-refractivity contribution is -0.258. The highest BCUT2D eigenvalue weighted by atomic mass is 16.7. The molecule has 6 atom stereocenters. The van der Waals surface area contributed by atoms with Crippen LogP contribution in [-0.2, 0) is 34.1 Å². The van der Waals surface area contributed by atoms with Crippen LogP contribution in [0.15, 0.2) is 139 Å². The highest BCUT2D eigenvalue weighted by Gasteiger charge is 2.65. The molecule has 0 unspecified atom stereocenters. The van der Waals surface area contributed by atoms with Crippen molar-refractivity contribution in [2.24, 2.45) is 28.8 Å². The summed E-state index contributed by atoms with van der Waals surface area (Å²) in [5.74, 6) is 0.197. The molecule has 368 valence electrons. The summed E-state index contributed by atoms with van der Waals surface area (Å²) in [6.45, 7) is 7.51. The number of carbonyl (C=O) groups is 1. The van der Waals surface area contributed by atoms with Gasteiger partial charge >= 0.3 is 0 Å². The summed E-state index contributed by atoms with van der Waals surface area (Å²) < 4.78 is 21.5. The van der Waals surface area contributed by atoms with Crippen LogP contribution in [0.2, 0.25) is 0 Å². The number of amides is 1. The number of benzene rings is 4. The van der Waals surface area contributed by atoms with Gasteiger partial charge in [-0.05, 0) is 115 Å². The van der Waals surface area contributed by atoms with Crippen LogP contribution in [0.1, 0.15) is 117 Å². The first-order chi connectivity index (χ1) is 34.4. The summed E-state index contributed by atoms with van der Waals surface area (Å²) in [6, 6.07) is 36.3. The Hall–Kier alpha value is -5.81. The van der Waals surface area contributed by atoms with E-state index in [4.69, 9.17) is 29.2 Å². The van der Waals surface area contributed by atoms with Crippen molar-refractivity contribution >= 4 is 22.4 Å². The molecular weight excluding hydrogens is 875 g/mol. The molecule has 2 heterocycles. The van der Waals surface area contributed by atoms with Crippen molar-refractivity contribution in [2.75, 3.05) is 19.8 Å².